The van der Waals surface area contributed by atoms with Gasteiger partial charge < -0.3 is 19.4 Å². The van der Waals surface area contributed by atoms with Crippen molar-refractivity contribution in [1.29, 1.82) is 0 Å². The monoisotopic (exact) mass is 599 g/mol. The number of rotatable bonds is 6. The molecule has 0 radical (unpaired) electrons. The number of benzene rings is 1. The molecule has 0 fully saturated rings. The Morgan fingerprint density at radius 1 is 1.29 bits per heavy atom. The summed E-state index contributed by atoms with van der Waals surface area (Å²) in [5, 5.41) is 2.05. The van der Waals surface area contributed by atoms with Gasteiger partial charge in [-0.05, 0) is 24.6 Å². The van der Waals surface area contributed by atoms with Crippen LogP contribution in [-0.4, -0.2) is 34.0 Å². The number of thiazole rings is 1. The number of thiophene rings is 1. The number of hydrogen-bond acceptors (Lipinski definition) is 7. The topological polar surface area (TPSA) is 114 Å². The number of carbonyl (C=O) groups is 1. The SMILES string of the molecule is Cc1sc2c(c1CC(=O)/N=c1\scc(-c3ccc(F)c(C(F)(F)F)c3F)n1COP(=O)(O)O)COCN2C. The number of ether oxygens (including phenoxy) is 1. The Hall–Kier alpha value is -2.46. The second-order valence-electron chi connectivity index (χ2n) is 8.14. The van der Waals surface area contributed by atoms with Crippen molar-refractivity contribution in [3.05, 3.63) is 55.5 Å². The number of amides is 1. The number of phosphoric ester groups is 1. The van der Waals surface area contributed by atoms with E-state index in [0.29, 0.717) is 29.7 Å². The van der Waals surface area contributed by atoms with Crippen LogP contribution in [0.25, 0.3) is 11.3 Å². The lowest BCUT2D eigenvalue weighted by Gasteiger charge is -2.24. The number of anilines is 1. The Morgan fingerprint density at radius 2 is 2.00 bits per heavy atom. The molecule has 4 rings (SSSR count). The lowest BCUT2D eigenvalue weighted by molar-refractivity contribution is -0.142. The number of nitrogens with zero attached hydrogens (tertiary/aromatic N) is 3. The summed E-state index contributed by atoms with van der Waals surface area (Å²) in [5.74, 6) is -4.46. The zero-order valence-electron chi connectivity index (χ0n) is 19.6. The van der Waals surface area contributed by atoms with E-state index in [4.69, 9.17) is 14.5 Å². The van der Waals surface area contributed by atoms with Crippen LogP contribution in [0.2, 0.25) is 0 Å². The highest BCUT2D eigenvalue weighted by atomic mass is 32.1. The van der Waals surface area contributed by atoms with Gasteiger partial charge in [0.2, 0.25) is 0 Å². The molecule has 9 nitrogen and oxygen atoms in total. The molecule has 0 saturated carbocycles. The summed E-state index contributed by atoms with van der Waals surface area (Å²) in [4.78, 5) is 37.6. The molecule has 0 saturated heterocycles. The molecule has 17 heteroatoms. The van der Waals surface area contributed by atoms with Gasteiger partial charge in [-0.25, -0.2) is 13.3 Å². The number of alkyl halides is 3. The predicted octanol–water partition coefficient (Wildman–Crippen LogP) is 4.54. The van der Waals surface area contributed by atoms with Crippen molar-refractivity contribution in [2.24, 2.45) is 4.99 Å². The molecule has 2 N–H and O–H groups in total. The van der Waals surface area contributed by atoms with Crippen molar-refractivity contribution in [3.8, 4) is 11.3 Å². The zero-order valence-corrected chi connectivity index (χ0v) is 22.1. The van der Waals surface area contributed by atoms with Crippen LogP contribution < -0.4 is 9.70 Å². The van der Waals surface area contributed by atoms with E-state index in [-0.39, 0.29) is 23.5 Å². The minimum Gasteiger partial charge on any atom is -0.356 e. The van der Waals surface area contributed by atoms with E-state index in [1.54, 1.807) is 0 Å². The van der Waals surface area contributed by atoms with Crippen LogP contribution in [0.15, 0.2) is 22.5 Å². The number of fused-ring (bicyclic) bond motifs is 1. The quantitative estimate of drug-likeness (QED) is 0.316. The zero-order chi connectivity index (χ0) is 28.0. The highest BCUT2D eigenvalue weighted by molar-refractivity contribution is 7.46. The molecule has 0 atom stereocenters. The Kier molecular flexibility index (Phi) is 7.96. The fourth-order valence-corrected chi connectivity index (χ4v) is 6.13. The van der Waals surface area contributed by atoms with Gasteiger partial charge in [0.05, 0.1) is 23.7 Å². The third kappa shape index (κ3) is 5.91. The van der Waals surface area contributed by atoms with Gasteiger partial charge in [-0.2, -0.15) is 18.2 Å². The summed E-state index contributed by atoms with van der Waals surface area (Å²) in [6, 6.07) is 1.15. The highest BCUT2D eigenvalue weighted by Crippen LogP contribution is 2.40. The van der Waals surface area contributed by atoms with Crippen molar-refractivity contribution in [2.45, 2.75) is 32.9 Å². The van der Waals surface area contributed by atoms with Crippen molar-refractivity contribution in [2.75, 3.05) is 18.7 Å². The second kappa shape index (κ2) is 10.6. The number of halogens is 5. The van der Waals surface area contributed by atoms with Gasteiger partial charge in [-0.1, -0.05) is 0 Å². The van der Waals surface area contributed by atoms with Crippen LogP contribution in [0.5, 0.6) is 0 Å². The minimum atomic E-state index is -5.36. The molecule has 1 aliphatic heterocycles. The van der Waals surface area contributed by atoms with Crippen molar-refractivity contribution < 1.29 is 50.4 Å². The molecule has 3 heterocycles. The fraction of sp³-hybridized carbons (Fsp3) is 0.333. The molecule has 38 heavy (non-hydrogen) atoms. The maximum Gasteiger partial charge on any atom is 0.471 e. The van der Waals surface area contributed by atoms with E-state index in [1.165, 1.54) is 11.3 Å². The van der Waals surface area contributed by atoms with E-state index < -0.39 is 49.4 Å². The predicted molar refractivity (Wildman–Crippen MR) is 127 cm³/mol. The third-order valence-electron chi connectivity index (χ3n) is 5.53. The normalized spacial score (nSPS) is 14.8. The summed E-state index contributed by atoms with van der Waals surface area (Å²) in [5.41, 5.74) is -1.72. The first-order valence-corrected chi connectivity index (χ1v) is 13.8. The summed E-state index contributed by atoms with van der Waals surface area (Å²) in [6.45, 7) is 1.51. The van der Waals surface area contributed by atoms with Crippen LogP contribution in [0.4, 0.5) is 27.0 Å². The van der Waals surface area contributed by atoms with Crippen LogP contribution in [-0.2, 0) is 44.6 Å². The number of hydrogen-bond donors (Lipinski definition) is 2. The molecule has 0 bridgehead atoms. The molecule has 0 spiro atoms. The highest BCUT2D eigenvalue weighted by Gasteiger charge is 2.39. The van der Waals surface area contributed by atoms with Gasteiger partial charge in [0.15, 0.2) is 4.80 Å². The van der Waals surface area contributed by atoms with Crippen LogP contribution >= 0.6 is 30.5 Å². The summed E-state index contributed by atoms with van der Waals surface area (Å²) < 4.78 is 90.5. The number of aryl methyl sites for hydroxylation is 1. The fourth-order valence-electron chi connectivity index (χ4n) is 3.84. The first-order valence-electron chi connectivity index (χ1n) is 10.6. The molecule has 1 aliphatic rings. The average Bonchev–Trinajstić information content (AvgIpc) is 3.32. The standard InChI is InChI=1S/C21H19F5N3O6PS2/c1-10-12(13-6-34-8-28(2)19(13)38-10)5-16(30)27-20-29(9-35-36(31,32)33)15(7-37-20)11-3-4-14(22)17(18(11)23)21(24,25)26/h3-4,7H,5-6,8-9H2,1-2H3,(H2,31,32,33)/b27-20-. The maximum atomic E-state index is 14.9. The molecule has 0 aliphatic carbocycles. The largest absolute Gasteiger partial charge is 0.471 e. The first-order chi connectivity index (χ1) is 17.7. The van der Waals surface area contributed by atoms with Crippen molar-refractivity contribution in [1.82, 2.24) is 4.57 Å². The molecule has 1 amide bonds. The van der Waals surface area contributed by atoms with Gasteiger partial charge in [0.25, 0.3) is 5.91 Å². The average molecular weight is 599 g/mol. The van der Waals surface area contributed by atoms with Gasteiger partial charge >= 0.3 is 14.0 Å². The smallest absolute Gasteiger partial charge is 0.356 e. The van der Waals surface area contributed by atoms with E-state index in [1.807, 2.05) is 18.9 Å². The Morgan fingerprint density at radius 3 is 2.66 bits per heavy atom. The number of aromatic nitrogens is 1. The molecule has 0 unspecified atom stereocenters. The molecule has 206 valence electrons. The van der Waals surface area contributed by atoms with E-state index in [9.17, 15) is 31.3 Å². The summed E-state index contributed by atoms with van der Waals surface area (Å²) in [7, 11) is -3.26. The summed E-state index contributed by atoms with van der Waals surface area (Å²) in [6.07, 6.45) is -5.52. The Bertz CT molecular complexity index is 1510. The van der Waals surface area contributed by atoms with Crippen LogP contribution in [0.1, 0.15) is 21.6 Å². The molecule has 2 aromatic heterocycles. The lowest BCUT2D eigenvalue weighted by Crippen LogP contribution is -2.25. The Balaban J connectivity index is 1.77. The van der Waals surface area contributed by atoms with E-state index in [2.05, 4.69) is 9.52 Å². The first kappa shape index (κ1) is 28.5. The third-order valence-corrected chi connectivity index (χ3v) is 8.15. The van der Waals surface area contributed by atoms with Crippen molar-refractivity contribution in [3.63, 3.8) is 0 Å². The second-order valence-corrected chi connectivity index (χ2v) is 11.4. The van der Waals surface area contributed by atoms with Crippen LogP contribution in [0.3, 0.4) is 0 Å². The van der Waals surface area contributed by atoms with E-state index in [0.717, 1.165) is 31.5 Å². The number of phosphoric acid groups is 1. The van der Waals surface area contributed by atoms with Crippen LogP contribution in [0, 0.1) is 18.6 Å². The molecular weight excluding hydrogens is 580 g/mol. The molecule has 3 aromatic rings. The lowest BCUT2D eigenvalue weighted by atomic mass is 10.1. The number of carbonyl (C=O) groups excluding carboxylic acids is 1. The Labute approximate surface area is 219 Å². The van der Waals surface area contributed by atoms with Gasteiger partial charge in [-0.15, -0.1) is 22.7 Å². The summed E-state index contributed by atoms with van der Waals surface area (Å²) >= 11 is 2.17. The van der Waals surface area contributed by atoms with Crippen molar-refractivity contribution >= 4 is 41.4 Å². The minimum absolute atomic E-state index is 0.162. The maximum absolute atomic E-state index is 14.9. The van der Waals surface area contributed by atoms with Gasteiger partial charge in [0.1, 0.15) is 30.7 Å². The van der Waals surface area contributed by atoms with E-state index >= 15 is 0 Å². The molecular formula is C21H19F5N3O6PS2. The van der Waals surface area contributed by atoms with Gasteiger partial charge in [0, 0.05) is 28.4 Å². The molecule has 1 aromatic carbocycles. The van der Waals surface area contributed by atoms with Gasteiger partial charge in [-0.3, -0.25) is 13.9 Å².